The zero-order valence-corrected chi connectivity index (χ0v) is 18.3. The summed E-state index contributed by atoms with van der Waals surface area (Å²) < 4.78 is 1.33. The third kappa shape index (κ3) is 12.1. The molecule has 0 bridgehead atoms. The molecule has 0 atom stereocenters. The number of hydrogen-bond donors (Lipinski definition) is 4. The van der Waals surface area contributed by atoms with Crippen LogP contribution in [-0.2, 0) is 20.4 Å². The molecule has 2 aromatic rings. The van der Waals surface area contributed by atoms with Crippen molar-refractivity contribution in [3.05, 3.63) is 48.0 Å². The van der Waals surface area contributed by atoms with Crippen LogP contribution in [0.5, 0.6) is 0 Å². The third-order valence-corrected chi connectivity index (χ3v) is 4.44. The number of hydrazone groups is 2. The maximum Gasteiger partial charge on any atom is 0.153 e. The number of hydrogen-bond acceptors (Lipinski definition) is 6. The molecule has 0 unspecified atom stereocenters. The Labute approximate surface area is 180 Å². The summed E-state index contributed by atoms with van der Waals surface area (Å²) in [6, 6.07) is 7.67. The summed E-state index contributed by atoms with van der Waals surface area (Å²) in [6.07, 6.45) is 10.9. The molecule has 0 spiro atoms. The van der Waals surface area contributed by atoms with Crippen molar-refractivity contribution in [1.29, 1.82) is 0 Å². The largest absolute Gasteiger partial charge is 0.360 e. The molecule has 0 aromatic carbocycles. The van der Waals surface area contributed by atoms with Crippen LogP contribution in [0, 0.1) is 0 Å². The van der Waals surface area contributed by atoms with E-state index in [0.717, 1.165) is 11.4 Å². The Morgan fingerprint density at radius 3 is 1.60 bits per heavy atom. The summed E-state index contributed by atoms with van der Waals surface area (Å²) in [4.78, 5) is 5.98. The number of H-pyrrole nitrogens is 2. The minimum atomic E-state index is 0. The van der Waals surface area contributed by atoms with E-state index >= 15 is 0 Å². The van der Waals surface area contributed by atoms with E-state index in [1.807, 2.05) is 49.2 Å². The zero-order valence-electron chi connectivity index (χ0n) is 13.5. The van der Waals surface area contributed by atoms with Gasteiger partial charge in [0.05, 0.1) is 23.8 Å². The van der Waals surface area contributed by atoms with Gasteiger partial charge in [0.1, 0.15) is 0 Å². The van der Waals surface area contributed by atoms with Crippen LogP contribution in [0.25, 0.3) is 0 Å². The normalized spacial score (nSPS) is 10.0. The second-order valence-electron chi connectivity index (χ2n) is 3.97. The van der Waals surface area contributed by atoms with E-state index in [1.165, 1.54) is 23.5 Å². The van der Waals surface area contributed by atoms with E-state index in [4.69, 9.17) is 24.4 Å². The molecule has 0 saturated heterocycles. The SMILES string of the molecule is CSC(=S)NN=Cc1ccc[nH]1.CSC(=S)NN=Cc1ccc[nH]1.[Pd]. The molecule has 0 radical (unpaired) electrons. The first-order chi connectivity index (χ1) is 11.7. The summed E-state index contributed by atoms with van der Waals surface area (Å²) in [5.41, 5.74) is 7.33. The Balaban J connectivity index is 0.000000443. The average molecular weight is 505 g/mol. The van der Waals surface area contributed by atoms with Crippen LogP contribution in [0.2, 0.25) is 0 Å². The Morgan fingerprint density at radius 2 is 1.32 bits per heavy atom. The Morgan fingerprint density at radius 1 is 0.920 bits per heavy atom. The molecule has 138 valence electrons. The first-order valence-corrected chi connectivity index (χ1v) is 9.93. The van der Waals surface area contributed by atoms with Gasteiger partial charge in [-0.3, -0.25) is 10.9 Å². The molecule has 11 heteroatoms. The standard InChI is InChI=1S/2C7H9N3S2.Pd/c2*1-12-7(11)10-9-5-6-3-2-4-8-6;/h2*2-5,8H,1H3,(H,10,11);. The fourth-order valence-corrected chi connectivity index (χ4v) is 1.64. The molecular formula is C14H18N6PdS4. The summed E-state index contributed by atoms with van der Waals surface area (Å²) in [7, 11) is 0. The second-order valence-corrected chi connectivity index (χ2v) is 6.94. The predicted molar refractivity (Wildman–Crippen MR) is 115 cm³/mol. The summed E-state index contributed by atoms with van der Waals surface area (Å²) in [5, 5.41) is 7.83. The Hall–Kier alpha value is -0.958. The Bertz CT molecular complexity index is 597. The van der Waals surface area contributed by atoms with Crippen molar-refractivity contribution in [2.75, 3.05) is 12.5 Å². The molecule has 4 N–H and O–H groups in total. The quantitative estimate of drug-likeness (QED) is 0.222. The van der Waals surface area contributed by atoms with Crippen molar-refractivity contribution in [2.24, 2.45) is 10.2 Å². The van der Waals surface area contributed by atoms with Crippen molar-refractivity contribution in [2.45, 2.75) is 0 Å². The van der Waals surface area contributed by atoms with E-state index in [2.05, 4.69) is 31.0 Å². The van der Waals surface area contributed by atoms with Crippen LogP contribution >= 0.6 is 48.0 Å². The number of aromatic amines is 2. The van der Waals surface area contributed by atoms with Gasteiger partial charge in [-0.25, -0.2) is 0 Å². The van der Waals surface area contributed by atoms with E-state index in [9.17, 15) is 0 Å². The van der Waals surface area contributed by atoms with Gasteiger partial charge in [0.2, 0.25) is 0 Å². The predicted octanol–water partition coefficient (Wildman–Crippen LogP) is 3.17. The fourth-order valence-electron chi connectivity index (χ4n) is 1.25. The van der Waals surface area contributed by atoms with E-state index in [0.29, 0.717) is 8.64 Å². The van der Waals surface area contributed by atoms with Crippen LogP contribution in [0.3, 0.4) is 0 Å². The number of thioether (sulfide) groups is 2. The Kier molecular flexibility index (Phi) is 14.7. The van der Waals surface area contributed by atoms with Crippen molar-refractivity contribution in [3.8, 4) is 0 Å². The van der Waals surface area contributed by atoms with Gasteiger partial charge in [-0.2, -0.15) is 10.2 Å². The minimum Gasteiger partial charge on any atom is -0.360 e. The van der Waals surface area contributed by atoms with Gasteiger partial charge < -0.3 is 9.97 Å². The van der Waals surface area contributed by atoms with Crippen molar-refractivity contribution < 1.29 is 20.4 Å². The van der Waals surface area contributed by atoms with Crippen LogP contribution < -0.4 is 10.9 Å². The van der Waals surface area contributed by atoms with Gasteiger partial charge in [-0.15, -0.1) is 0 Å². The second kappa shape index (κ2) is 15.3. The molecule has 0 fully saturated rings. The summed E-state index contributed by atoms with van der Waals surface area (Å²) in [6.45, 7) is 0. The molecule has 2 heterocycles. The van der Waals surface area contributed by atoms with E-state index in [1.54, 1.807) is 12.4 Å². The fraction of sp³-hybridized carbons (Fsp3) is 0.143. The molecule has 6 nitrogen and oxygen atoms in total. The molecule has 2 aromatic heterocycles. The topological polar surface area (TPSA) is 80.4 Å². The maximum absolute atomic E-state index is 4.88. The third-order valence-electron chi connectivity index (χ3n) is 2.33. The van der Waals surface area contributed by atoms with Crippen molar-refractivity contribution in [3.63, 3.8) is 0 Å². The summed E-state index contributed by atoms with van der Waals surface area (Å²) >= 11 is 12.7. The monoisotopic (exact) mass is 504 g/mol. The molecule has 25 heavy (non-hydrogen) atoms. The molecular weight excluding hydrogens is 487 g/mol. The zero-order chi connectivity index (χ0) is 17.6. The smallest absolute Gasteiger partial charge is 0.153 e. The van der Waals surface area contributed by atoms with Gasteiger partial charge >= 0.3 is 0 Å². The number of aromatic nitrogens is 2. The van der Waals surface area contributed by atoms with E-state index < -0.39 is 0 Å². The first kappa shape index (κ1) is 24.0. The summed E-state index contributed by atoms with van der Waals surface area (Å²) in [5.74, 6) is 0. The van der Waals surface area contributed by atoms with Gasteiger partial charge in [0.15, 0.2) is 8.64 Å². The van der Waals surface area contributed by atoms with Crippen LogP contribution in [0.4, 0.5) is 0 Å². The number of rotatable bonds is 4. The van der Waals surface area contributed by atoms with Gasteiger partial charge in [0, 0.05) is 32.8 Å². The molecule has 0 aliphatic carbocycles. The van der Waals surface area contributed by atoms with Crippen LogP contribution in [-0.4, -0.2) is 43.5 Å². The number of thiocarbonyl (C=S) groups is 2. The minimum absolute atomic E-state index is 0. The number of nitrogens with zero attached hydrogens (tertiary/aromatic N) is 2. The van der Waals surface area contributed by atoms with Gasteiger partial charge in [0.25, 0.3) is 0 Å². The number of nitrogens with one attached hydrogen (secondary N) is 4. The molecule has 2 rings (SSSR count). The average Bonchev–Trinajstić information content (AvgIpc) is 3.29. The van der Waals surface area contributed by atoms with Crippen molar-refractivity contribution in [1.82, 2.24) is 20.8 Å². The van der Waals surface area contributed by atoms with Gasteiger partial charge in [-0.05, 0) is 36.8 Å². The van der Waals surface area contributed by atoms with Crippen LogP contribution in [0.15, 0.2) is 46.9 Å². The molecule has 0 aliphatic heterocycles. The molecule has 0 amide bonds. The van der Waals surface area contributed by atoms with Gasteiger partial charge in [-0.1, -0.05) is 48.0 Å². The molecule has 0 aliphatic rings. The van der Waals surface area contributed by atoms with Crippen molar-refractivity contribution >= 4 is 69.0 Å². The molecule has 0 saturated carbocycles. The maximum atomic E-state index is 4.88. The van der Waals surface area contributed by atoms with Crippen LogP contribution in [0.1, 0.15) is 11.4 Å². The first-order valence-electron chi connectivity index (χ1n) is 6.66. The van der Waals surface area contributed by atoms with E-state index in [-0.39, 0.29) is 20.4 Å².